The number of aliphatic hydroxyl groups excluding tert-OH is 1. The number of rotatable bonds is 5. The number of sulfonamides is 1. The lowest BCUT2D eigenvalue weighted by molar-refractivity contribution is 0.216. The number of benzene rings is 1. The Kier molecular flexibility index (Phi) is 6.00. The SMILES string of the molecule is Cc1cc(Br)c(S(=O)(=O)NC(C)C(C)CO)cc1Br. The normalized spacial score (nSPS) is 15.3. The van der Waals surface area contributed by atoms with Gasteiger partial charge in [0, 0.05) is 21.6 Å². The molecule has 0 heterocycles. The molecule has 0 bridgehead atoms. The molecule has 19 heavy (non-hydrogen) atoms. The first-order valence-electron chi connectivity index (χ1n) is 5.78. The van der Waals surface area contributed by atoms with Crippen LogP contribution in [0.25, 0.3) is 0 Å². The molecule has 2 unspecified atom stereocenters. The van der Waals surface area contributed by atoms with E-state index in [9.17, 15) is 8.42 Å². The van der Waals surface area contributed by atoms with Gasteiger partial charge in [0.05, 0.1) is 4.90 Å². The molecule has 2 N–H and O–H groups in total. The van der Waals surface area contributed by atoms with Crippen LogP contribution in [0.5, 0.6) is 0 Å². The maximum absolute atomic E-state index is 12.3. The fourth-order valence-electron chi connectivity index (χ4n) is 1.42. The molecule has 0 saturated heterocycles. The number of aryl methyl sites for hydroxylation is 1. The van der Waals surface area contributed by atoms with Gasteiger partial charge in [0.1, 0.15) is 0 Å². The van der Waals surface area contributed by atoms with Crippen molar-refractivity contribution >= 4 is 41.9 Å². The Hall–Kier alpha value is 0.0500. The summed E-state index contributed by atoms with van der Waals surface area (Å²) in [6.45, 7) is 5.33. The van der Waals surface area contributed by atoms with E-state index in [1.54, 1.807) is 26.0 Å². The Balaban J connectivity index is 3.11. The van der Waals surface area contributed by atoms with E-state index >= 15 is 0 Å². The van der Waals surface area contributed by atoms with Crippen molar-refractivity contribution < 1.29 is 13.5 Å². The quantitative estimate of drug-likeness (QED) is 0.778. The van der Waals surface area contributed by atoms with E-state index in [4.69, 9.17) is 5.11 Å². The highest BCUT2D eigenvalue weighted by Gasteiger charge is 2.23. The molecule has 0 fully saturated rings. The standard InChI is InChI=1S/C12H17Br2NO3S/c1-7-4-11(14)12(5-10(7)13)19(17,18)15-9(3)8(2)6-16/h4-5,8-9,15-16H,6H2,1-3H3. The molecule has 0 spiro atoms. The first-order valence-corrected chi connectivity index (χ1v) is 8.84. The van der Waals surface area contributed by atoms with Crippen molar-refractivity contribution in [2.45, 2.75) is 31.7 Å². The molecule has 0 amide bonds. The predicted octanol–water partition coefficient (Wildman–Crippen LogP) is 2.82. The van der Waals surface area contributed by atoms with Crippen molar-refractivity contribution in [2.75, 3.05) is 6.61 Å². The summed E-state index contributed by atoms with van der Waals surface area (Å²) in [5.74, 6) is -0.151. The fraction of sp³-hybridized carbons (Fsp3) is 0.500. The zero-order valence-electron chi connectivity index (χ0n) is 10.9. The number of halogens is 2. The summed E-state index contributed by atoms with van der Waals surface area (Å²) in [5, 5.41) is 9.06. The second-order valence-electron chi connectivity index (χ2n) is 4.60. The van der Waals surface area contributed by atoms with Crippen molar-refractivity contribution in [1.29, 1.82) is 0 Å². The summed E-state index contributed by atoms with van der Waals surface area (Å²) in [6.07, 6.45) is 0. The fourth-order valence-corrected chi connectivity index (χ4v) is 4.45. The molecule has 1 aromatic rings. The highest BCUT2D eigenvalue weighted by molar-refractivity contribution is 9.11. The number of hydrogen-bond donors (Lipinski definition) is 2. The monoisotopic (exact) mass is 413 g/mol. The van der Waals surface area contributed by atoms with Crippen LogP contribution in [-0.2, 0) is 10.0 Å². The number of nitrogens with one attached hydrogen (secondary N) is 1. The Morgan fingerprint density at radius 1 is 1.26 bits per heavy atom. The second kappa shape index (κ2) is 6.67. The topological polar surface area (TPSA) is 66.4 Å². The first kappa shape index (κ1) is 17.1. The van der Waals surface area contributed by atoms with E-state index in [2.05, 4.69) is 36.6 Å². The smallest absolute Gasteiger partial charge is 0.241 e. The third-order valence-corrected chi connectivity index (χ3v) is 6.36. The van der Waals surface area contributed by atoms with Crippen LogP contribution >= 0.6 is 31.9 Å². The molecular weight excluding hydrogens is 398 g/mol. The van der Waals surface area contributed by atoms with E-state index in [1.165, 1.54) is 0 Å². The third-order valence-electron chi connectivity index (χ3n) is 2.99. The lowest BCUT2D eigenvalue weighted by atomic mass is 10.1. The van der Waals surface area contributed by atoms with Gasteiger partial charge in [-0.15, -0.1) is 0 Å². The second-order valence-corrected chi connectivity index (χ2v) is 7.99. The highest BCUT2D eigenvalue weighted by atomic mass is 79.9. The minimum absolute atomic E-state index is 0.0670. The van der Waals surface area contributed by atoms with Crippen LogP contribution in [0, 0.1) is 12.8 Å². The summed E-state index contributed by atoms with van der Waals surface area (Å²) in [7, 11) is -3.62. The Morgan fingerprint density at radius 2 is 1.84 bits per heavy atom. The highest BCUT2D eigenvalue weighted by Crippen LogP contribution is 2.29. The maximum atomic E-state index is 12.3. The van der Waals surface area contributed by atoms with E-state index in [1.807, 2.05) is 6.92 Å². The molecule has 0 aliphatic carbocycles. The Morgan fingerprint density at radius 3 is 2.37 bits per heavy atom. The summed E-state index contributed by atoms with van der Waals surface area (Å²) < 4.78 is 28.4. The van der Waals surface area contributed by atoms with Crippen molar-refractivity contribution in [3.63, 3.8) is 0 Å². The molecule has 0 radical (unpaired) electrons. The number of hydrogen-bond acceptors (Lipinski definition) is 3. The van der Waals surface area contributed by atoms with Gasteiger partial charge in [-0.05, 0) is 53.4 Å². The van der Waals surface area contributed by atoms with Crippen LogP contribution in [0.2, 0.25) is 0 Å². The molecule has 0 saturated carbocycles. The average Bonchev–Trinajstić information content (AvgIpc) is 2.31. The molecule has 0 aliphatic rings. The Labute approximate surface area is 130 Å². The minimum atomic E-state index is -3.62. The van der Waals surface area contributed by atoms with Crippen molar-refractivity contribution in [2.24, 2.45) is 5.92 Å². The molecule has 7 heteroatoms. The summed E-state index contributed by atoms with van der Waals surface area (Å²) >= 11 is 6.60. The van der Waals surface area contributed by atoms with Crippen LogP contribution in [-0.4, -0.2) is 26.2 Å². The van der Waals surface area contributed by atoms with E-state index in [0.29, 0.717) is 4.47 Å². The lowest BCUT2D eigenvalue weighted by Gasteiger charge is -2.20. The lowest BCUT2D eigenvalue weighted by Crippen LogP contribution is -2.38. The van der Waals surface area contributed by atoms with E-state index < -0.39 is 10.0 Å². The molecule has 4 nitrogen and oxygen atoms in total. The van der Waals surface area contributed by atoms with Gasteiger partial charge >= 0.3 is 0 Å². The van der Waals surface area contributed by atoms with Gasteiger partial charge in [0.15, 0.2) is 0 Å². The van der Waals surface area contributed by atoms with Gasteiger partial charge in [-0.25, -0.2) is 13.1 Å². The van der Waals surface area contributed by atoms with Crippen molar-refractivity contribution in [3.8, 4) is 0 Å². The maximum Gasteiger partial charge on any atom is 0.241 e. The van der Waals surface area contributed by atoms with Gasteiger partial charge in [-0.2, -0.15) is 0 Å². The van der Waals surface area contributed by atoms with Crippen LogP contribution in [0.4, 0.5) is 0 Å². The summed E-state index contributed by atoms with van der Waals surface area (Å²) in [4.78, 5) is 0.182. The van der Waals surface area contributed by atoms with Crippen LogP contribution in [0.1, 0.15) is 19.4 Å². The van der Waals surface area contributed by atoms with Gasteiger partial charge < -0.3 is 5.11 Å². The first-order chi connectivity index (χ1) is 8.69. The predicted molar refractivity (Wildman–Crippen MR) is 82.6 cm³/mol. The zero-order valence-corrected chi connectivity index (χ0v) is 14.9. The Bertz CT molecular complexity index is 560. The molecule has 2 atom stereocenters. The average molecular weight is 415 g/mol. The molecular formula is C12H17Br2NO3S. The van der Waals surface area contributed by atoms with Gasteiger partial charge in [-0.1, -0.05) is 22.9 Å². The van der Waals surface area contributed by atoms with Crippen LogP contribution < -0.4 is 4.72 Å². The van der Waals surface area contributed by atoms with Gasteiger partial charge in [-0.3, -0.25) is 0 Å². The van der Waals surface area contributed by atoms with Crippen molar-refractivity contribution in [1.82, 2.24) is 4.72 Å². The van der Waals surface area contributed by atoms with Gasteiger partial charge in [0.2, 0.25) is 10.0 Å². The van der Waals surface area contributed by atoms with E-state index in [-0.39, 0.29) is 23.5 Å². The van der Waals surface area contributed by atoms with Crippen LogP contribution in [0.3, 0.4) is 0 Å². The molecule has 1 rings (SSSR count). The van der Waals surface area contributed by atoms with Crippen LogP contribution in [0.15, 0.2) is 26.0 Å². The van der Waals surface area contributed by atoms with Crippen molar-refractivity contribution in [3.05, 3.63) is 26.6 Å². The molecule has 108 valence electrons. The third kappa shape index (κ3) is 4.26. The summed E-state index contributed by atoms with van der Waals surface area (Å²) in [6, 6.07) is 2.97. The van der Waals surface area contributed by atoms with E-state index in [0.717, 1.165) is 10.0 Å². The largest absolute Gasteiger partial charge is 0.396 e. The zero-order chi connectivity index (χ0) is 14.8. The molecule has 0 aromatic heterocycles. The van der Waals surface area contributed by atoms with Gasteiger partial charge in [0.25, 0.3) is 0 Å². The molecule has 0 aliphatic heterocycles. The number of aliphatic hydroxyl groups is 1. The molecule has 1 aromatic carbocycles. The minimum Gasteiger partial charge on any atom is -0.396 e. The summed E-state index contributed by atoms with van der Waals surface area (Å²) in [5.41, 5.74) is 0.947.